The second-order valence-electron chi connectivity index (χ2n) is 5.33. The van der Waals surface area contributed by atoms with Gasteiger partial charge in [-0.1, -0.05) is 53.4 Å². The van der Waals surface area contributed by atoms with Gasteiger partial charge in [-0.2, -0.15) is 0 Å². The summed E-state index contributed by atoms with van der Waals surface area (Å²) in [6.07, 6.45) is 1.87. The van der Waals surface area contributed by atoms with Crippen LogP contribution in [0.25, 0.3) is 0 Å². The highest BCUT2D eigenvalue weighted by Gasteiger charge is 2.25. The minimum Gasteiger partial charge on any atom is -0.296 e. The summed E-state index contributed by atoms with van der Waals surface area (Å²) in [5.41, 5.74) is 0.494. The lowest BCUT2D eigenvalue weighted by atomic mass is 10.1. The maximum Gasteiger partial charge on any atom is 0.264 e. The molecule has 0 unspecified atom stereocenters. The maximum atomic E-state index is 12.9. The Morgan fingerprint density at radius 2 is 1.74 bits per heavy atom. The van der Waals surface area contributed by atoms with Gasteiger partial charge in [0.1, 0.15) is 0 Å². The Labute approximate surface area is 165 Å². The van der Waals surface area contributed by atoms with Crippen molar-refractivity contribution < 1.29 is 13.2 Å². The molecule has 0 saturated carbocycles. The molecular weight excluding hydrogens is 404 g/mol. The van der Waals surface area contributed by atoms with E-state index >= 15 is 0 Å². The summed E-state index contributed by atoms with van der Waals surface area (Å²) >= 11 is 2.68. The molecule has 1 heterocycles. The molecule has 1 N–H and O–H groups in total. The monoisotopic (exact) mass is 420 g/mol. The smallest absolute Gasteiger partial charge is 0.264 e. The molecular formula is C17H16N4O3S3. The minimum atomic E-state index is -3.80. The summed E-state index contributed by atoms with van der Waals surface area (Å²) in [6, 6.07) is 14.6. The van der Waals surface area contributed by atoms with Gasteiger partial charge in [0.2, 0.25) is 5.13 Å². The van der Waals surface area contributed by atoms with Gasteiger partial charge < -0.3 is 0 Å². The Morgan fingerprint density at radius 3 is 2.41 bits per heavy atom. The number of hydrogen-bond acceptors (Lipinski definition) is 7. The Morgan fingerprint density at radius 1 is 1.07 bits per heavy atom. The first kappa shape index (κ1) is 19.3. The number of anilines is 2. The zero-order valence-electron chi connectivity index (χ0n) is 14.5. The molecule has 1 amide bonds. The molecule has 3 aromatic rings. The van der Waals surface area contributed by atoms with E-state index in [2.05, 4.69) is 15.5 Å². The van der Waals surface area contributed by atoms with Crippen LogP contribution in [0.3, 0.4) is 0 Å². The first-order chi connectivity index (χ1) is 12.9. The van der Waals surface area contributed by atoms with E-state index in [4.69, 9.17) is 0 Å². The molecule has 3 rings (SSSR count). The van der Waals surface area contributed by atoms with Crippen LogP contribution in [0.4, 0.5) is 10.8 Å². The number of carbonyl (C=O) groups is 1. The second kappa shape index (κ2) is 8.07. The molecule has 0 aliphatic rings. The lowest BCUT2D eigenvalue weighted by Gasteiger charge is -2.21. The van der Waals surface area contributed by atoms with E-state index in [-0.39, 0.29) is 16.1 Å². The Bertz CT molecular complexity index is 1050. The quantitative estimate of drug-likeness (QED) is 0.486. The van der Waals surface area contributed by atoms with Gasteiger partial charge in [0, 0.05) is 7.05 Å². The zero-order valence-corrected chi connectivity index (χ0v) is 16.9. The number of sulfonamides is 1. The highest BCUT2D eigenvalue weighted by molar-refractivity contribution is 8.00. The van der Waals surface area contributed by atoms with Crippen LogP contribution in [0.15, 0.2) is 63.8 Å². The summed E-state index contributed by atoms with van der Waals surface area (Å²) in [7, 11) is -2.37. The third kappa shape index (κ3) is 4.12. The molecule has 10 heteroatoms. The summed E-state index contributed by atoms with van der Waals surface area (Å²) in [5, 5.41) is 10.9. The molecule has 140 valence electrons. The van der Waals surface area contributed by atoms with Gasteiger partial charge >= 0.3 is 0 Å². The van der Waals surface area contributed by atoms with E-state index in [0.717, 1.165) is 8.64 Å². The van der Waals surface area contributed by atoms with Crippen LogP contribution in [0.5, 0.6) is 0 Å². The van der Waals surface area contributed by atoms with Gasteiger partial charge in [-0.15, -0.1) is 10.2 Å². The predicted octanol–water partition coefficient (Wildman–Crippen LogP) is 3.34. The van der Waals surface area contributed by atoms with Crippen LogP contribution in [0.1, 0.15) is 10.4 Å². The highest BCUT2D eigenvalue weighted by Crippen LogP contribution is 2.28. The van der Waals surface area contributed by atoms with Gasteiger partial charge in [-0.05, 0) is 30.5 Å². The fraction of sp³-hybridized carbons (Fsp3) is 0.118. The fourth-order valence-electron chi connectivity index (χ4n) is 2.33. The van der Waals surface area contributed by atoms with Gasteiger partial charge in [-0.25, -0.2) is 8.42 Å². The molecule has 0 fully saturated rings. The number of aromatic nitrogens is 2. The average molecular weight is 421 g/mol. The van der Waals surface area contributed by atoms with Crippen LogP contribution in [0, 0.1) is 0 Å². The lowest BCUT2D eigenvalue weighted by molar-refractivity contribution is 0.102. The van der Waals surface area contributed by atoms with Crippen LogP contribution in [-0.4, -0.2) is 37.8 Å². The second-order valence-corrected chi connectivity index (χ2v) is 9.33. The molecule has 0 atom stereocenters. The van der Waals surface area contributed by atoms with Crippen molar-refractivity contribution in [2.45, 2.75) is 9.24 Å². The van der Waals surface area contributed by atoms with E-state index in [0.29, 0.717) is 5.13 Å². The molecule has 2 aromatic carbocycles. The predicted molar refractivity (Wildman–Crippen MR) is 108 cm³/mol. The van der Waals surface area contributed by atoms with Crippen molar-refractivity contribution in [2.24, 2.45) is 0 Å². The first-order valence-electron chi connectivity index (χ1n) is 7.75. The largest absolute Gasteiger partial charge is 0.296 e. The fourth-order valence-corrected chi connectivity index (χ4v) is 4.73. The summed E-state index contributed by atoms with van der Waals surface area (Å²) in [4.78, 5) is 12.8. The summed E-state index contributed by atoms with van der Waals surface area (Å²) in [5.74, 6) is -0.454. The average Bonchev–Trinajstić information content (AvgIpc) is 3.15. The van der Waals surface area contributed by atoms with E-state index in [1.165, 1.54) is 42.3 Å². The van der Waals surface area contributed by atoms with Crippen molar-refractivity contribution in [1.82, 2.24) is 10.2 Å². The number of nitrogens with zero attached hydrogens (tertiary/aromatic N) is 3. The standard InChI is InChI=1S/C17H16N4O3S3/c1-21(27(23,24)12-8-4-3-5-9-12)14-11-7-6-10-13(14)15(22)18-16-19-20-17(25-2)26-16/h3-11H,1-2H3,(H,18,19,22). The number of para-hydroxylation sites is 1. The number of amides is 1. The van der Waals surface area contributed by atoms with E-state index in [1.807, 2.05) is 6.26 Å². The number of benzene rings is 2. The van der Waals surface area contributed by atoms with Crippen LogP contribution in [0.2, 0.25) is 0 Å². The van der Waals surface area contributed by atoms with Crippen LogP contribution >= 0.6 is 23.1 Å². The van der Waals surface area contributed by atoms with Crippen molar-refractivity contribution >= 4 is 49.8 Å². The van der Waals surface area contributed by atoms with Gasteiger partial charge in [0.05, 0.1) is 16.1 Å². The molecule has 7 nitrogen and oxygen atoms in total. The van der Waals surface area contributed by atoms with Gasteiger partial charge in [-0.3, -0.25) is 14.4 Å². The van der Waals surface area contributed by atoms with Gasteiger partial charge in [0.25, 0.3) is 15.9 Å². The zero-order chi connectivity index (χ0) is 19.4. The number of thioether (sulfide) groups is 1. The summed E-state index contributed by atoms with van der Waals surface area (Å²) in [6.45, 7) is 0. The first-order valence-corrected chi connectivity index (χ1v) is 11.2. The Hall–Kier alpha value is -2.43. The van der Waals surface area contributed by atoms with Crippen molar-refractivity contribution in [3.63, 3.8) is 0 Å². The van der Waals surface area contributed by atoms with Crippen molar-refractivity contribution in [3.8, 4) is 0 Å². The SMILES string of the molecule is CSc1nnc(NC(=O)c2ccccc2N(C)S(=O)(=O)c2ccccc2)s1. The van der Waals surface area contributed by atoms with Gasteiger partial charge in [0.15, 0.2) is 4.34 Å². The lowest BCUT2D eigenvalue weighted by Crippen LogP contribution is -2.29. The third-order valence-electron chi connectivity index (χ3n) is 3.69. The molecule has 0 radical (unpaired) electrons. The Kier molecular flexibility index (Phi) is 5.78. The number of carbonyl (C=O) groups excluding carboxylic acids is 1. The normalized spacial score (nSPS) is 11.2. The topological polar surface area (TPSA) is 92.3 Å². The number of rotatable bonds is 6. The molecule has 0 aliphatic carbocycles. The molecule has 0 aliphatic heterocycles. The molecule has 0 bridgehead atoms. The summed E-state index contributed by atoms with van der Waals surface area (Å²) < 4.78 is 27.6. The van der Waals surface area contributed by atoms with Crippen molar-refractivity contribution in [1.29, 1.82) is 0 Å². The van der Waals surface area contributed by atoms with Crippen molar-refractivity contribution in [3.05, 3.63) is 60.2 Å². The number of nitrogens with one attached hydrogen (secondary N) is 1. The maximum absolute atomic E-state index is 12.9. The Balaban J connectivity index is 1.92. The van der Waals surface area contributed by atoms with E-state index in [9.17, 15) is 13.2 Å². The van der Waals surface area contributed by atoms with E-state index < -0.39 is 15.9 Å². The molecule has 0 spiro atoms. The molecule has 0 saturated heterocycles. The minimum absolute atomic E-state index is 0.149. The van der Waals surface area contributed by atoms with Crippen LogP contribution < -0.4 is 9.62 Å². The van der Waals surface area contributed by atoms with E-state index in [1.54, 1.807) is 42.5 Å². The highest BCUT2D eigenvalue weighted by atomic mass is 32.2. The van der Waals surface area contributed by atoms with Crippen LogP contribution in [-0.2, 0) is 10.0 Å². The van der Waals surface area contributed by atoms with Crippen molar-refractivity contribution in [2.75, 3.05) is 22.9 Å². The third-order valence-corrected chi connectivity index (χ3v) is 7.29. The molecule has 27 heavy (non-hydrogen) atoms. The number of hydrogen-bond donors (Lipinski definition) is 1. The molecule has 1 aromatic heterocycles.